The van der Waals surface area contributed by atoms with Crippen LogP contribution in [-0.2, 0) is 6.54 Å². The van der Waals surface area contributed by atoms with E-state index in [1.54, 1.807) is 15.7 Å². The first kappa shape index (κ1) is 15.1. The Morgan fingerprint density at radius 3 is 2.88 bits per heavy atom. The number of fused-ring (bicyclic) bond motifs is 3. The average Bonchev–Trinajstić information content (AvgIpc) is 3.22. The van der Waals surface area contributed by atoms with Crippen molar-refractivity contribution < 1.29 is 0 Å². The molecule has 0 amide bonds. The van der Waals surface area contributed by atoms with E-state index in [1.165, 1.54) is 0 Å². The third-order valence-corrected chi connectivity index (χ3v) is 4.82. The quantitative estimate of drug-likeness (QED) is 0.599. The van der Waals surface area contributed by atoms with Crippen LogP contribution < -0.4 is 11.0 Å². The minimum absolute atomic E-state index is 0.208. The molecule has 122 valence electrons. The number of benzene rings is 1. The molecule has 4 rings (SSSR count). The van der Waals surface area contributed by atoms with E-state index >= 15 is 0 Å². The van der Waals surface area contributed by atoms with E-state index < -0.39 is 0 Å². The summed E-state index contributed by atoms with van der Waals surface area (Å²) >= 11 is 1.67. The van der Waals surface area contributed by atoms with Crippen LogP contribution in [-0.4, -0.2) is 20.6 Å². The molecule has 2 N–H and O–H groups in total. The van der Waals surface area contributed by atoms with Crippen LogP contribution in [0.3, 0.4) is 0 Å². The number of nitrogens with one attached hydrogen (secondary N) is 2. The van der Waals surface area contributed by atoms with Crippen LogP contribution in [0, 0.1) is 0 Å². The predicted octanol–water partition coefficient (Wildman–Crippen LogP) is 3.40. The van der Waals surface area contributed by atoms with Gasteiger partial charge >= 0.3 is 5.69 Å². The Kier molecular flexibility index (Phi) is 3.70. The molecule has 3 aromatic heterocycles. The molecule has 6 heteroatoms. The number of aromatic amines is 1. The lowest BCUT2D eigenvalue weighted by Crippen LogP contribution is -2.22. The summed E-state index contributed by atoms with van der Waals surface area (Å²) in [5.74, 6) is 0. The van der Waals surface area contributed by atoms with Crippen molar-refractivity contribution in [3.05, 3.63) is 57.1 Å². The molecule has 0 radical (unpaired) electrons. The van der Waals surface area contributed by atoms with Gasteiger partial charge in [-0.2, -0.15) is 16.4 Å². The molecule has 0 aliphatic heterocycles. The second-order valence-electron chi connectivity index (χ2n) is 6.17. The topological polar surface area (TPSA) is 62.2 Å². The number of aromatic nitrogens is 3. The third-order valence-electron chi connectivity index (χ3n) is 4.14. The molecule has 5 nitrogen and oxygen atoms in total. The average molecular weight is 338 g/mol. The van der Waals surface area contributed by atoms with Gasteiger partial charge in [0.2, 0.25) is 0 Å². The van der Waals surface area contributed by atoms with Crippen molar-refractivity contribution in [2.24, 2.45) is 0 Å². The highest BCUT2D eigenvalue weighted by Crippen LogP contribution is 2.28. The molecule has 3 heterocycles. The molecule has 0 saturated heterocycles. The Hall–Kier alpha value is -2.44. The molecule has 24 heavy (non-hydrogen) atoms. The fourth-order valence-electron chi connectivity index (χ4n) is 2.93. The first-order chi connectivity index (χ1) is 11.6. The highest BCUT2D eigenvalue weighted by molar-refractivity contribution is 7.08. The summed E-state index contributed by atoms with van der Waals surface area (Å²) in [5.41, 5.74) is 4.73. The molecule has 0 fully saturated rings. The first-order valence-electron chi connectivity index (χ1n) is 7.92. The molecular formula is C18H18N4OS. The van der Waals surface area contributed by atoms with Gasteiger partial charge in [-0.15, -0.1) is 0 Å². The Balaban J connectivity index is 1.98. The summed E-state index contributed by atoms with van der Waals surface area (Å²) < 4.78 is 1.64. The Labute approximate surface area is 143 Å². The van der Waals surface area contributed by atoms with Gasteiger partial charge in [-0.3, -0.25) is 0 Å². The van der Waals surface area contributed by atoms with Crippen molar-refractivity contribution in [1.29, 1.82) is 0 Å². The van der Waals surface area contributed by atoms with Gasteiger partial charge in [0.15, 0.2) is 5.65 Å². The van der Waals surface area contributed by atoms with Crippen molar-refractivity contribution in [1.82, 2.24) is 19.9 Å². The standard InChI is InChI=1S/C18H18N4OS/c1-11(2)19-9-14-8-17-20-21-18(23)22(17)16-7-12(3-4-15(14)16)13-5-6-24-10-13/h3-8,10-11,19H,9H2,1-2H3,(H,21,23). The molecule has 0 aliphatic carbocycles. The number of hydrogen-bond acceptors (Lipinski definition) is 4. The van der Waals surface area contributed by atoms with Gasteiger partial charge in [-0.25, -0.2) is 14.3 Å². The van der Waals surface area contributed by atoms with Crippen LogP contribution in [0.25, 0.3) is 27.7 Å². The zero-order chi connectivity index (χ0) is 16.7. The highest BCUT2D eigenvalue weighted by Gasteiger charge is 2.12. The molecule has 4 aromatic rings. The van der Waals surface area contributed by atoms with Crippen LogP contribution in [0.1, 0.15) is 19.4 Å². The zero-order valence-electron chi connectivity index (χ0n) is 13.5. The van der Waals surface area contributed by atoms with Crippen LogP contribution >= 0.6 is 11.3 Å². The van der Waals surface area contributed by atoms with Crippen molar-refractivity contribution in [2.75, 3.05) is 0 Å². The number of thiophene rings is 1. The summed E-state index contributed by atoms with van der Waals surface area (Å²) in [5, 5.41) is 15.4. The van der Waals surface area contributed by atoms with Crippen molar-refractivity contribution >= 4 is 27.9 Å². The Morgan fingerprint density at radius 2 is 2.12 bits per heavy atom. The van der Waals surface area contributed by atoms with Crippen molar-refractivity contribution in [2.45, 2.75) is 26.4 Å². The summed E-state index contributed by atoms with van der Waals surface area (Å²) in [4.78, 5) is 12.2. The number of nitrogens with zero attached hydrogens (tertiary/aromatic N) is 2. The molecule has 0 bridgehead atoms. The Bertz CT molecular complexity index is 1060. The summed E-state index contributed by atoms with van der Waals surface area (Å²) in [6.45, 7) is 4.98. The maximum atomic E-state index is 12.2. The van der Waals surface area contributed by atoms with E-state index in [4.69, 9.17) is 0 Å². The monoisotopic (exact) mass is 338 g/mol. The minimum atomic E-state index is -0.208. The van der Waals surface area contributed by atoms with Crippen LogP contribution in [0.15, 0.2) is 45.9 Å². The number of pyridine rings is 1. The van der Waals surface area contributed by atoms with E-state index in [0.717, 1.165) is 34.1 Å². The van der Waals surface area contributed by atoms with E-state index in [-0.39, 0.29) is 5.69 Å². The predicted molar refractivity (Wildman–Crippen MR) is 98.6 cm³/mol. The number of hydrogen-bond donors (Lipinski definition) is 2. The van der Waals surface area contributed by atoms with Gasteiger partial charge in [0.25, 0.3) is 0 Å². The van der Waals surface area contributed by atoms with Crippen LogP contribution in [0.5, 0.6) is 0 Å². The van der Waals surface area contributed by atoms with E-state index in [9.17, 15) is 4.79 Å². The lowest BCUT2D eigenvalue weighted by molar-refractivity contribution is 0.590. The normalized spacial score (nSPS) is 11.8. The van der Waals surface area contributed by atoms with E-state index in [0.29, 0.717) is 11.7 Å². The summed E-state index contributed by atoms with van der Waals surface area (Å²) in [6, 6.07) is 10.7. The maximum Gasteiger partial charge on any atom is 0.348 e. The van der Waals surface area contributed by atoms with Crippen LogP contribution in [0.2, 0.25) is 0 Å². The molecule has 0 saturated carbocycles. The van der Waals surface area contributed by atoms with Gasteiger partial charge in [0, 0.05) is 18.0 Å². The smallest absolute Gasteiger partial charge is 0.310 e. The van der Waals surface area contributed by atoms with Gasteiger partial charge in [-0.05, 0) is 45.6 Å². The fraction of sp³-hybridized carbons (Fsp3) is 0.222. The lowest BCUT2D eigenvalue weighted by Gasteiger charge is -2.12. The second kappa shape index (κ2) is 5.89. The maximum absolute atomic E-state index is 12.2. The molecular weight excluding hydrogens is 320 g/mol. The van der Waals surface area contributed by atoms with Crippen molar-refractivity contribution in [3.63, 3.8) is 0 Å². The second-order valence-corrected chi connectivity index (χ2v) is 6.95. The molecule has 0 spiro atoms. The third kappa shape index (κ3) is 2.53. The van der Waals surface area contributed by atoms with Crippen molar-refractivity contribution in [3.8, 4) is 11.1 Å². The number of rotatable bonds is 4. The SMILES string of the molecule is CC(C)NCc1cc2n[nH]c(=O)n2c2cc(-c3ccsc3)ccc12. The molecule has 0 atom stereocenters. The summed E-state index contributed by atoms with van der Waals surface area (Å²) in [6.07, 6.45) is 0. The van der Waals surface area contributed by atoms with Gasteiger partial charge in [0.1, 0.15) is 0 Å². The van der Waals surface area contributed by atoms with Gasteiger partial charge in [0.05, 0.1) is 5.52 Å². The molecule has 0 aliphatic rings. The Morgan fingerprint density at radius 1 is 1.25 bits per heavy atom. The van der Waals surface area contributed by atoms with E-state index in [1.807, 2.05) is 6.07 Å². The highest BCUT2D eigenvalue weighted by atomic mass is 32.1. The lowest BCUT2D eigenvalue weighted by atomic mass is 10.0. The molecule has 1 aromatic carbocycles. The number of H-pyrrole nitrogens is 1. The van der Waals surface area contributed by atoms with Gasteiger partial charge < -0.3 is 5.32 Å². The van der Waals surface area contributed by atoms with E-state index in [2.05, 4.69) is 64.4 Å². The van der Waals surface area contributed by atoms with Gasteiger partial charge in [-0.1, -0.05) is 26.0 Å². The minimum Gasteiger partial charge on any atom is -0.310 e. The fourth-order valence-corrected chi connectivity index (χ4v) is 3.59. The largest absolute Gasteiger partial charge is 0.348 e. The summed E-state index contributed by atoms with van der Waals surface area (Å²) in [7, 11) is 0. The molecule has 0 unspecified atom stereocenters. The van der Waals surface area contributed by atoms with Crippen LogP contribution in [0.4, 0.5) is 0 Å². The zero-order valence-corrected chi connectivity index (χ0v) is 14.4. The first-order valence-corrected chi connectivity index (χ1v) is 8.86.